The molecule has 1 amide bonds. The van der Waals surface area contributed by atoms with Crippen molar-refractivity contribution in [1.29, 1.82) is 5.26 Å². The van der Waals surface area contributed by atoms with E-state index in [-0.39, 0.29) is 23.0 Å². The molecule has 0 fully saturated rings. The second kappa shape index (κ2) is 8.00. The third-order valence-electron chi connectivity index (χ3n) is 2.71. The van der Waals surface area contributed by atoms with Crippen molar-refractivity contribution < 1.29 is 9.53 Å². The van der Waals surface area contributed by atoms with Crippen molar-refractivity contribution in [2.75, 3.05) is 23.4 Å². The van der Waals surface area contributed by atoms with Crippen molar-refractivity contribution in [2.45, 2.75) is 12.1 Å². The van der Waals surface area contributed by atoms with Gasteiger partial charge in [-0.05, 0) is 19.1 Å². The first-order valence-corrected chi connectivity index (χ1v) is 7.79. The van der Waals surface area contributed by atoms with Crippen molar-refractivity contribution in [2.24, 2.45) is 0 Å². The van der Waals surface area contributed by atoms with E-state index >= 15 is 0 Å². The number of nitrogens with one attached hydrogen (secondary N) is 1. The number of hydrogen-bond acceptors (Lipinski definition) is 7. The number of ether oxygens (including phenoxy) is 1. The van der Waals surface area contributed by atoms with Gasteiger partial charge < -0.3 is 15.8 Å². The highest BCUT2D eigenvalue weighted by molar-refractivity contribution is 7.99. The molecular formula is C15H15N5O2S. The van der Waals surface area contributed by atoms with Gasteiger partial charge in [0.15, 0.2) is 5.16 Å². The molecule has 0 radical (unpaired) electrons. The molecule has 0 unspecified atom stereocenters. The van der Waals surface area contributed by atoms with Crippen LogP contribution in [0, 0.1) is 11.3 Å². The van der Waals surface area contributed by atoms with Gasteiger partial charge >= 0.3 is 0 Å². The summed E-state index contributed by atoms with van der Waals surface area (Å²) in [4.78, 5) is 20.0. The average Bonchev–Trinajstić information content (AvgIpc) is 2.55. The molecule has 7 nitrogen and oxygen atoms in total. The van der Waals surface area contributed by atoms with Gasteiger partial charge in [-0.1, -0.05) is 23.9 Å². The molecule has 2 rings (SSSR count). The van der Waals surface area contributed by atoms with Crippen LogP contribution in [-0.4, -0.2) is 28.2 Å². The molecule has 2 aromatic rings. The Morgan fingerprint density at radius 3 is 2.96 bits per heavy atom. The normalized spacial score (nSPS) is 9.91. The van der Waals surface area contributed by atoms with E-state index < -0.39 is 0 Å². The van der Waals surface area contributed by atoms with Gasteiger partial charge in [-0.3, -0.25) is 4.79 Å². The van der Waals surface area contributed by atoms with Crippen molar-refractivity contribution in [3.8, 4) is 11.8 Å². The van der Waals surface area contributed by atoms with E-state index in [1.54, 1.807) is 12.1 Å². The summed E-state index contributed by atoms with van der Waals surface area (Å²) in [5.74, 6) is 0.624. The maximum Gasteiger partial charge on any atom is 0.234 e. The predicted molar refractivity (Wildman–Crippen MR) is 88.1 cm³/mol. The molecule has 8 heteroatoms. The molecule has 118 valence electrons. The first-order valence-electron chi connectivity index (χ1n) is 6.81. The Morgan fingerprint density at radius 2 is 2.26 bits per heavy atom. The number of amides is 1. The average molecular weight is 329 g/mol. The Hall–Kier alpha value is -2.79. The third-order valence-corrected chi connectivity index (χ3v) is 3.57. The molecule has 0 aliphatic carbocycles. The Bertz CT molecular complexity index is 745. The van der Waals surface area contributed by atoms with E-state index in [4.69, 9.17) is 15.7 Å². The molecule has 0 spiro atoms. The summed E-state index contributed by atoms with van der Waals surface area (Å²) in [5.41, 5.74) is 6.43. The van der Waals surface area contributed by atoms with Crippen LogP contribution in [0.2, 0.25) is 0 Å². The quantitative estimate of drug-likeness (QED) is 0.616. The monoisotopic (exact) mass is 329 g/mol. The van der Waals surface area contributed by atoms with E-state index in [0.29, 0.717) is 23.2 Å². The molecular weight excluding hydrogens is 314 g/mol. The number of thioether (sulfide) groups is 1. The number of nitrogens with two attached hydrogens (primary N) is 1. The van der Waals surface area contributed by atoms with Crippen molar-refractivity contribution in [1.82, 2.24) is 9.97 Å². The third kappa shape index (κ3) is 4.59. The Labute approximate surface area is 137 Å². The number of anilines is 2. The number of benzene rings is 1. The van der Waals surface area contributed by atoms with Gasteiger partial charge in [-0.25, -0.2) is 9.97 Å². The topological polar surface area (TPSA) is 114 Å². The minimum atomic E-state index is -0.214. The van der Waals surface area contributed by atoms with Crippen molar-refractivity contribution in [3.63, 3.8) is 0 Å². The first kappa shape index (κ1) is 16.6. The lowest BCUT2D eigenvalue weighted by Gasteiger charge is -2.10. The maximum atomic E-state index is 12.0. The van der Waals surface area contributed by atoms with E-state index in [1.807, 2.05) is 25.1 Å². The highest BCUT2D eigenvalue weighted by atomic mass is 32.2. The molecule has 0 saturated carbocycles. The maximum absolute atomic E-state index is 12.0. The SMILES string of the molecule is CCOc1ccccc1NC(=O)CSc1ncc(C#N)c(N)n1. The Morgan fingerprint density at radius 1 is 1.48 bits per heavy atom. The number of nitrogen functional groups attached to an aromatic ring is 1. The van der Waals surface area contributed by atoms with Crippen LogP contribution < -0.4 is 15.8 Å². The number of nitrogens with zero attached hydrogens (tertiary/aromatic N) is 3. The summed E-state index contributed by atoms with van der Waals surface area (Å²) in [7, 11) is 0. The fourth-order valence-corrected chi connectivity index (χ4v) is 2.32. The second-order valence-electron chi connectivity index (χ2n) is 4.33. The molecule has 0 bridgehead atoms. The number of rotatable bonds is 6. The molecule has 0 aliphatic rings. The lowest BCUT2D eigenvalue weighted by Crippen LogP contribution is -2.15. The van der Waals surface area contributed by atoms with Crippen LogP contribution in [0.3, 0.4) is 0 Å². The van der Waals surface area contributed by atoms with Crippen LogP contribution in [0.15, 0.2) is 35.6 Å². The lowest BCUT2D eigenvalue weighted by atomic mass is 10.3. The zero-order valence-corrected chi connectivity index (χ0v) is 13.3. The number of carbonyl (C=O) groups is 1. The largest absolute Gasteiger partial charge is 0.492 e. The van der Waals surface area contributed by atoms with E-state index in [0.717, 1.165) is 11.8 Å². The zero-order chi connectivity index (χ0) is 16.7. The summed E-state index contributed by atoms with van der Waals surface area (Å²) in [6.07, 6.45) is 1.34. The van der Waals surface area contributed by atoms with Crippen LogP contribution in [-0.2, 0) is 4.79 Å². The lowest BCUT2D eigenvalue weighted by molar-refractivity contribution is -0.113. The molecule has 1 aromatic carbocycles. The van der Waals surface area contributed by atoms with Gasteiger partial charge in [-0.2, -0.15) is 5.26 Å². The smallest absolute Gasteiger partial charge is 0.234 e. The van der Waals surface area contributed by atoms with Gasteiger partial charge in [0, 0.05) is 0 Å². The van der Waals surface area contributed by atoms with Gasteiger partial charge in [0.2, 0.25) is 5.91 Å². The molecule has 23 heavy (non-hydrogen) atoms. The van der Waals surface area contributed by atoms with E-state index in [9.17, 15) is 4.79 Å². The second-order valence-corrected chi connectivity index (χ2v) is 5.27. The molecule has 0 atom stereocenters. The van der Waals surface area contributed by atoms with Gasteiger partial charge in [0.25, 0.3) is 0 Å². The minimum Gasteiger partial charge on any atom is -0.492 e. The highest BCUT2D eigenvalue weighted by Crippen LogP contribution is 2.24. The van der Waals surface area contributed by atoms with Crippen LogP contribution >= 0.6 is 11.8 Å². The Kier molecular flexibility index (Phi) is 5.77. The van der Waals surface area contributed by atoms with E-state index in [1.165, 1.54) is 6.20 Å². The van der Waals surface area contributed by atoms with Crippen molar-refractivity contribution in [3.05, 3.63) is 36.0 Å². The van der Waals surface area contributed by atoms with Crippen molar-refractivity contribution >= 4 is 29.2 Å². The molecule has 0 aliphatic heterocycles. The van der Waals surface area contributed by atoms with Gasteiger partial charge in [0.1, 0.15) is 23.2 Å². The summed E-state index contributed by atoms with van der Waals surface area (Å²) in [6, 6.07) is 9.09. The van der Waals surface area contributed by atoms with Crippen LogP contribution in [0.1, 0.15) is 12.5 Å². The zero-order valence-electron chi connectivity index (χ0n) is 12.4. The van der Waals surface area contributed by atoms with Gasteiger partial charge in [-0.15, -0.1) is 0 Å². The summed E-state index contributed by atoms with van der Waals surface area (Å²) >= 11 is 1.14. The standard InChI is InChI=1S/C15H15N5O2S/c1-2-22-12-6-4-3-5-11(12)19-13(21)9-23-15-18-8-10(7-16)14(17)20-15/h3-6,8H,2,9H2,1H3,(H,19,21)(H2,17,18,20). The highest BCUT2D eigenvalue weighted by Gasteiger charge is 2.10. The summed E-state index contributed by atoms with van der Waals surface area (Å²) in [5, 5.41) is 11.9. The fraction of sp³-hybridized carbons (Fsp3) is 0.200. The molecule has 1 heterocycles. The predicted octanol–water partition coefficient (Wildman–Crippen LogP) is 2.06. The van der Waals surface area contributed by atoms with Crippen LogP contribution in [0.4, 0.5) is 11.5 Å². The molecule has 0 saturated heterocycles. The molecule has 1 aromatic heterocycles. The number of hydrogen-bond donors (Lipinski definition) is 2. The number of nitriles is 1. The van der Waals surface area contributed by atoms with E-state index in [2.05, 4.69) is 15.3 Å². The fourth-order valence-electron chi connectivity index (χ4n) is 1.70. The number of aromatic nitrogens is 2. The van der Waals surface area contributed by atoms with Gasteiger partial charge in [0.05, 0.1) is 24.2 Å². The minimum absolute atomic E-state index is 0.104. The number of para-hydroxylation sites is 2. The Balaban J connectivity index is 1.96. The first-order chi connectivity index (χ1) is 11.1. The summed E-state index contributed by atoms with van der Waals surface area (Å²) < 4.78 is 5.45. The van der Waals surface area contributed by atoms with Crippen LogP contribution in [0.5, 0.6) is 5.75 Å². The summed E-state index contributed by atoms with van der Waals surface area (Å²) in [6.45, 7) is 2.39. The number of carbonyl (C=O) groups excluding carboxylic acids is 1. The van der Waals surface area contributed by atoms with Crippen LogP contribution in [0.25, 0.3) is 0 Å². The molecule has 3 N–H and O–H groups in total.